The van der Waals surface area contributed by atoms with Crippen LogP contribution < -0.4 is 16.0 Å². The zero-order valence-electron chi connectivity index (χ0n) is 19.4. The van der Waals surface area contributed by atoms with Crippen molar-refractivity contribution in [2.75, 3.05) is 19.5 Å². The van der Waals surface area contributed by atoms with Crippen LogP contribution in [0.4, 0.5) is 14.5 Å². The van der Waals surface area contributed by atoms with E-state index in [0.29, 0.717) is 11.1 Å². The molecule has 0 unspecified atom stereocenters. The van der Waals surface area contributed by atoms with Gasteiger partial charge in [0.05, 0.1) is 12.1 Å². The summed E-state index contributed by atoms with van der Waals surface area (Å²) >= 11 is 0. The van der Waals surface area contributed by atoms with Crippen LogP contribution >= 0.6 is 0 Å². The molecule has 3 N–H and O–H groups in total. The number of carbonyl (C=O) groups excluding carboxylic acids is 3. The van der Waals surface area contributed by atoms with E-state index in [1.807, 2.05) is 0 Å². The molecule has 0 saturated heterocycles. The highest BCUT2D eigenvalue weighted by Gasteiger charge is 2.43. The Balaban J connectivity index is 1.95. The molecular formula is C24H28F2N4O4. The van der Waals surface area contributed by atoms with Crippen LogP contribution in [0.1, 0.15) is 31.0 Å². The highest BCUT2D eigenvalue weighted by Crippen LogP contribution is 2.35. The molecule has 1 aliphatic heterocycles. The summed E-state index contributed by atoms with van der Waals surface area (Å²) in [6.45, 7) is 3.34. The molecule has 1 heterocycles. The molecular weight excluding hydrogens is 446 g/mol. The first kappa shape index (κ1) is 25.3. The van der Waals surface area contributed by atoms with Crippen molar-refractivity contribution in [3.63, 3.8) is 0 Å². The van der Waals surface area contributed by atoms with Crippen molar-refractivity contribution in [3.8, 4) is 0 Å². The maximum absolute atomic E-state index is 14.2. The van der Waals surface area contributed by atoms with Gasteiger partial charge in [0.15, 0.2) is 0 Å². The lowest BCUT2D eigenvalue weighted by atomic mass is 10.0. The third-order valence-electron chi connectivity index (χ3n) is 5.98. The average Bonchev–Trinajstić information content (AvgIpc) is 3.23. The Morgan fingerprint density at radius 1 is 1.06 bits per heavy atom. The SMILES string of the molecule is CN[C@@H](C)C(=O)N[C@H](C(=O)N1Cc2ccccc2[C@H]1C(=O)Nc1c(F)cccc1F)[C@H](C)OC. The standard InChI is InChI=1S/C24H28F2N4O4/c1-13(27-3)22(31)28-19(14(2)34-4)24(33)30-12-15-8-5-6-9-16(15)21(30)23(32)29-20-17(25)10-7-11-18(20)26/h5-11,13-14,19,21,27H,12H2,1-4H3,(H,28,31)(H,29,32)/t13-,14-,19-,21-/m0/s1. The Labute approximate surface area is 196 Å². The second-order valence-electron chi connectivity index (χ2n) is 8.09. The number of ether oxygens (including phenoxy) is 1. The molecule has 4 atom stereocenters. The van der Waals surface area contributed by atoms with Crippen molar-refractivity contribution in [3.05, 3.63) is 65.2 Å². The van der Waals surface area contributed by atoms with E-state index in [9.17, 15) is 23.2 Å². The largest absolute Gasteiger partial charge is 0.379 e. The third kappa shape index (κ3) is 5.07. The molecule has 2 aromatic carbocycles. The van der Waals surface area contributed by atoms with Crippen LogP contribution in [0.15, 0.2) is 42.5 Å². The molecule has 0 bridgehead atoms. The predicted octanol–water partition coefficient (Wildman–Crippen LogP) is 2.11. The van der Waals surface area contributed by atoms with Crippen LogP contribution in [0.3, 0.4) is 0 Å². The number of likely N-dealkylation sites (N-methyl/N-ethyl adjacent to an activating group) is 1. The highest BCUT2D eigenvalue weighted by molar-refractivity contribution is 6.00. The molecule has 0 aromatic heterocycles. The van der Waals surface area contributed by atoms with Crippen molar-refractivity contribution in [1.29, 1.82) is 0 Å². The Kier molecular flexibility index (Phi) is 7.95. The van der Waals surface area contributed by atoms with Crippen molar-refractivity contribution in [1.82, 2.24) is 15.5 Å². The Bertz CT molecular complexity index is 1060. The van der Waals surface area contributed by atoms with Gasteiger partial charge in [-0.1, -0.05) is 30.3 Å². The Morgan fingerprint density at radius 2 is 1.71 bits per heavy atom. The number of fused-ring (bicyclic) bond motifs is 1. The van der Waals surface area contributed by atoms with E-state index in [4.69, 9.17) is 4.74 Å². The first-order chi connectivity index (χ1) is 16.2. The van der Waals surface area contributed by atoms with Crippen LogP contribution in [0.5, 0.6) is 0 Å². The normalized spacial score (nSPS) is 17.5. The number of nitrogens with one attached hydrogen (secondary N) is 3. The molecule has 3 amide bonds. The smallest absolute Gasteiger partial charge is 0.252 e. The fourth-order valence-electron chi connectivity index (χ4n) is 3.79. The predicted molar refractivity (Wildman–Crippen MR) is 122 cm³/mol. The molecule has 182 valence electrons. The van der Waals surface area contributed by atoms with E-state index >= 15 is 0 Å². The van der Waals surface area contributed by atoms with E-state index in [2.05, 4.69) is 16.0 Å². The van der Waals surface area contributed by atoms with E-state index in [-0.39, 0.29) is 6.54 Å². The molecule has 2 aromatic rings. The molecule has 1 aliphatic rings. The third-order valence-corrected chi connectivity index (χ3v) is 5.98. The number of rotatable bonds is 8. The summed E-state index contributed by atoms with van der Waals surface area (Å²) in [4.78, 5) is 40.7. The zero-order valence-corrected chi connectivity index (χ0v) is 19.4. The van der Waals surface area contributed by atoms with Gasteiger partial charge in [0.1, 0.15) is 29.4 Å². The first-order valence-corrected chi connectivity index (χ1v) is 10.8. The fourth-order valence-corrected chi connectivity index (χ4v) is 3.79. The summed E-state index contributed by atoms with van der Waals surface area (Å²) in [5.41, 5.74) is 0.648. The fraction of sp³-hybridized carbons (Fsp3) is 0.375. The molecule has 3 rings (SSSR count). The lowest BCUT2D eigenvalue weighted by Gasteiger charge is -2.31. The number of amides is 3. The van der Waals surface area contributed by atoms with Crippen LogP contribution in [0, 0.1) is 11.6 Å². The topological polar surface area (TPSA) is 99.8 Å². The minimum Gasteiger partial charge on any atom is -0.379 e. The summed E-state index contributed by atoms with van der Waals surface area (Å²) in [5, 5.41) is 7.77. The van der Waals surface area contributed by atoms with Gasteiger partial charge in [-0.2, -0.15) is 0 Å². The van der Waals surface area contributed by atoms with E-state index in [1.54, 1.807) is 45.2 Å². The number of benzene rings is 2. The van der Waals surface area contributed by atoms with Gasteiger partial charge in [0.25, 0.3) is 5.91 Å². The van der Waals surface area contributed by atoms with Crippen LogP contribution in [-0.2, 0) is 25.7 Å². The van der Waals surface area contributed by atoms with Crippen LogP contribution in [-0.4, -0.2) is 55.0 Å². The number of hydrogen-bond donors (Lipinski definition) is 3. The van der Waals surface area contributed by atoms with Crippen LogP contribution in [0.25, 0.3) is 0 Å². The highest BCUT2D eigenvalue weighted by atomic mass is 19.1. The van der Waals surface area contributed by atoms with Crippen molar-refractivity contribution < 1.29 is 27.9 Å². The van der Waals surface area contributed by atoms with E-state index in [0.717, 1.165) is 12.1 Å². The number of methoxy groups -OCH3 is 1. The van der Waals surface area contributed by atoms with E-state index < -0.39 is 59.3 Å². The number of halogens is 2. The number of para-hydroxylation sites is 1. The Morgan fingerprint density at radius 3 is 2.32 bits per heavy atom. The van der Waals surface area contributed by atoms with E-state index in [1.165, 1.54) is 18.1 Å². The molecule has 0 radical (unpaired) electrons. The number of anilines is 1. The van der Waals surface area contributed by atoms with Gasteiger partial charge in [0, 0.05) is 13.7 Å². The second-order valence-corrected chi connectivity index (χ2v) is 8.09. The minimum atomic E-state index is -1.16. The molecule has 0 spiro atoms. The van der Waals surface area contributed by atoms with Gasteiger partial charge >= 0.3 is 0 Å². The summed E-state index contributed by atoms with van der Waals surface area (Å²) in [6.07, 6.45) is -0.711. The van der Waals surface area contributed by atoms with Gasteiger partial charge in [-0.25, -0.2) is 8.78 Å². The maximum atomic E-state index is 14.2. The number of nitrogens with zero attached hydrogens (tertiary/aromatic N) is 1. The lowest BCUT2D eigenvalue weighted by molar-refractivity contribution is -0.145. The summed E-state index contributed by atoms with van der Waals surface area (Å²) in [7, 11) is 3.02. The second kappa shape index (κ2) is 10.7. The molecule has 8 nitrogen and oxygen atoms in total. The van der Waals surface area contributed by atoms with Crippen LogP contribution in [0.2, 0.25) is 0 Å². The number of carbonyl (C=O) groups is 3. The minimum absolute atomic E-state index is 0.0806. The number of hydrogen-bond acceptors (Lipinski definition) is 5. The molecule has 34 heavy (non-hydrogen) atoms. The van der Waals surface area contributed by atoms with Gasteiger partial charge in [-0.15, -0.1) is 0 Å². The van der Waals surface area contributed by atoms with Crippen molar-refractivity contribution in [2.45, 2.75) is 44.6 Å². The quantitative estimate of drug-likeness (QED) is 0.544. The van der Waals surface area contributed by atoms with Crippen molar-refractivity contribution >= 4 is 23.4 Å². The van der Waals surface area contributed by atoms with Gasteiger partial charge < -0.3 is 25.6 Å². The zero-order chi connectivity index (χ0) is 25.0. The maximum Gasteiger partial charge on any atom is 0.252 e. The molecule has 0 saturated carbocycles. The first-order valence-electron chi connectivity index (χ1n) is 10.8. The van der Waals surface area contributed by atoms with Gasteiger partial charge in [0.2, 0.25) is 11.8 Å². The molecule has 0 aliphatic carbocycles. The summed E-state index contributed by atoms with van der Waals surface area (Å²) in [5.74, 6) is -3.62. The molecule has 0 fully saturated rings. The average molecular weight is 475 g/mol. The molecule has 10 heteroatoms. The summed E-state index contributed by atoms with van der Waals surface area (Å²) in [6, 6.07) is 7.34. The van der Waals surface area contributed by atoms with Gasteiger partial charge in [-0.05, 0) is 44.2 Å². The summed E-state index contributed by atoms with van der Waals surface area (Å²) < 4.78 is 33.7. The monoisotopic (exact) mass is 474 g/mol. The lowest BCUT2D eigenvalue weighted by Crippen LogP contribution is -2.57. The van der Waals surface area contributed by atoms with Gasteiger partial charge in [-0.3, -0.25) is 14.4 Å². The van der Waals surface area contributed by atoms with Crippen molar-refractivity contribution in [2.24, 2.45) is 0 Å². The Hall–Kier alpha value is -3.37.